The van der Waals surface area contributed by atoms with Gasteiger partial charge in [0.25, 0.3) is 0 Å². The summed E-state index contributed by atoms with van der Waals surface area (Å²) >= 11 is 0. The molecule has 0 spiro atoms. The topological polar surface area (TPSA) is 12.9 Å². The second kappa shape index (κ2) is 4.59. The third-order valence-corrected chi connectivity index (χ3v) is 3.50. The normalized spacial score (nSPS) is 11.7. The van der Waals surface area contributed by atoms with Crippen molar-refractivity contribution in [1.82, 2.24) is 4.98 Å². The number of aromatic nitrogens is 1. The molecule has 1 aromatic rings. The van der Waals surface area contributed by atoms with Crippen molar-refractivity contribution >= 4 is 0 Å². The van der Waals surface area contributed by atoms with Crippen molar-refractivity contribution in [3.8, 4) is 0 Å². The highest BCUT2D eigenvalue weighted by atomic mass is 14.6. The smallest absolute Gasteiger partial charge is 0.0308 e. The van der Waals surface area contributed by atoms with Gasteiger partial charge in [-0.15, -0.1) is 0 Å². The Hall–Kier alpha value is -0.850. The first-order valence-electron chi connectivity index (χ1n) is 5.61. The average Bonchev–Trinajstić information content (AvgIpc) is 2.28. The van der Waals surface area contributed by atoms with E-state index in [9.17, 15) is 0 Å². The van der Waals surface area contributed by atoms with Gasteiger partial charge in [0, 0.05) is 12.4 Å². The molecule has 0 aromatic carbocycles. The molecule has 0 atom stereocenters. The first-order chi connectivity index (χ1) is 6.68. The van der Waals surface area contributed by atoms with Crippen LogP contribution in [-0.4, -0.2) is 4.98 Å². The molecule has 1 heterocycles. The van der Waals surface area contributed by atoms with E-state index in [2.05, 4.69) is 38.7 Å². The van der Waals surface area contributed by atoms with Crippen molar-refractivity contribution in [2.24, 2.45) is 0 Å². The van der Waals surface area contributed by atoms with Gasteiger partial charge in [0.2, 0.25) is 0 Å². The molecule has 0 unspecified atom stereocenters. The van der Waals surface area contributed by atoms with Gasteiger partial charge in [-0.25, -0.2) is 0 Å². The number of aryl methyl sites for hydroxylation is 1. The van der Waals surface area contributed by atoms with Crippen LogP contribution in [0.5, 0.6) is 0 Å². The van der Waals surface area contributed by atoms with E-state index in [0.29, 0.717) is 5.41 Å². The predicted molar refractivity (Wildman–Crippen MR) is 61.5 cm³/mol. The minimum atomic E-state index is 0.305. The Morgan fingerprint density at radius 3 is 2.36 bits per heavy atom. The van der Waals surface area contributed by atoms with E-state index >= 15 is 0 Å². The first kappa shape index (κ1) is 11.2. The van der Waals surface area contributed by atoms with Crippen LogP contribution in [0.2, 0.25) is 0 Å². The van der Waals surface area contributed by atoms with Gasteiger partial charge in [-0.1, -0.05) is 27.7 Å². The van der Waals surface area contributed by atoms with E-state index in [1.165, 1.54) is 24.0 Å². The molecule has 0 fully saturated rings. The highest BCUT2D eigenvalue weighted by molar-refractivity contribution is 5.30. The molecule has 0 bridgehead atoms. The maximum Gasteiger partial charge on any atom is 0.0308 e. The molecule has 0 N–H and O–H groups in total. The third-order valence-electron chi connectivity index (χ3n) is 3.50. The highest BCUT2D eigenvalue weighted by Crippen LogP contribution is 2.32. The molecule has 0 radical (unpaired) electrons. The summed E-state index contributed by atoms with van der Waals surface area (Å²) in [5.41, 5.74) is 3.19. The Bertz CT molecular complexity index is 287. The number of nitrogens with zero attached hydrogens (tertiary/aromatic N) is 1. The van der Waals surface area contributed by atoms with Gasteiger partial charge in [0.15, 0.2) is 0 Å². The van der Waals surface area contributed by atoms with Crippen LogP contribution in [-0.2, 0) is 11.8 Å². The van der Waals surface area contributed by atoms with Crippen molar-refractivity contribution in [2.45, 2.75) is 52.4 Å². The van der Waals surface area contributed by atoms with Gasteiger partial charge in [-0.3, -0.25) is 4.98 Å². The summed E-state index contributed by atoms with van der Waals surface area (Å²) < 4.78 is 0. The lowest BCUT2D eigenvalue weighted by molar-refractivity contribution is 0.434. The zero-order valence-electron chi connectivity index (χ0n) is 9.80. The summed E-state index contributed by atoms with van der Waals surface area (Å²) in [4.78, 5) is 4.26. The molecule has 1 aromatic heterocycles. The lowest BCUT2D eigenvalue weighted by atomic mass is 9.76. The fourth-order valence-corrected chi connectivity index (χ4v) is 1.91. The summed E-state index contributed by atoms with van der Waals surface area (Å²) in [6.45, 7) is 9.07. The standard InChI is InChI=1S/C13H21N/c1-5-11-8-9-14-10-12(11)13(4,6-2)7-3/h8-10H,5-7H2,1-4H3. The van der Waals surface area contributed by atoms with E-state index in [-0.39, 0.29) is 0 Å². The molecule has 14 heavy (non-hydrogen) atoms. The lowest BCUT2D eigenvalue weighted by Gasteiger charge is -2.29. The molecule has 0 amide bonds. The second-order valence-electron chi connectivity index (χ2n) is 4.15. The largest absolute Gasteiger partial charge is 0.264 e. The maximum absolute atomic E-state index is 4.26. The summed E-state index contributed by atoms with van der Waals surface area (Å²) in [6.07, 6.45) is 7.41. The fraction of sp³-hybridized carbons (Fsp3) is 0.615. The van der Waals surface area contributed by atoms with E-state index in [4.69, 9.17) is 0 Å². The second-order valence-corrected chi connectivity index (χ2v) is 4.15. The number of hydrogen-bond acceptors (Lipinski definition) is 1. The van der Waals surface area contributed by atoms with Crippen LogP contribution in [0.25, 0.3) is 0 Å². The van der Waals surface area contributed by atoms with Gasteiger partial charge in [-0.05, 0) is 41.9 Å². The minimum Gasteiger partial charge on any atom is -0.264 e. The molecule has 1 nitrogen and oxygen atoms in total. The lowest BCUT2D eigenvalue weighted by Crippen LogP contribution is -2.21. The van der Waals surface area contributed by atoms with E-state index < -0.39 is 0 Å². The number of rotatable bonds is 4. The number of pyridine rings is 1. The van der Waals surface area contributed by atoms with Gasteiger partial charge >= 0.3 is 0 Å². The average molecular weight is 191 g/mol. The van der Waals surface area contributed by atoms with E-state index in [1.54, 1.807) is 0 Å². The molecule has 0 saturated carbocycles. The van der Waals surface area contributed by atoms with Gasteiger partial charge in [0.1, 0.15) is 0 Å². The van der Waals surface area contributed by atoms with Gasteiger partial charge < -0.3 is 0 Å². The van der Waals surface area contributed by atoms with Crippen LogP contribution in [0.4, 0.5) is 0 Å². The maximum atomic E-state index is 4.26. The predicted octanol–water partition coefficient (Wildman–Crippen LogP) is 3.72. The Morgan fingerprint density at radius 2 is 1.86 bits per heavy atom. The molecule has 0 aliphatic rings. The SMILES string of the molecule is CCc1ccncc1C(C)(CC)CC. The highest BCUT2D eigenvalue weighted by Gasteiger charge is 2.24. The van der Waals surface area contributed by atoms with Crippen LogP contribution in [0.1, 0.15) is 51.7 Å². The van der Waals surface area contributed by atoms with Crippen LogP contribution in [0.15, 0.2) is 18.5 Å². The van der Waals surface area contributed by atoms with Crippen LogP contribution in [0, 0.1) is 0 Å². The van der Waals surface area contributed by atoms with Crippen molar-refractivity contribution in [3.05, 3.63) is 29.6 Å². The van der Waals surface area contributed by atoms with Gasteiger partial charge in [-0.2, -0.15) is 0 Å². The van der Waals surface area contributed by atoms with Crippen molar-refractivity contribution < 1.29 is 0 Å². The van der Waals surface area contributed by atoms with Crippen molar-refractivity contribution in [3.63, 3.8) is 0 Å². The monoisotopic (exact) mass is 191 g/mol. The summed E-state index contributed by atoms with van der Waals surface area (Å²) in [7, 11) is 0. The molecule has 0 saturated heterocycles. The minimum absolute atomic E-state index is 0.305. The number of hydrogen-bond donors (Lipinski definition) is 0. The van der Waals surface area contributed by atoms with E-state index in [1.807, 2.05) is 12.4 Å². The zero-order valence-corrected chi connectivity index (χ0v) is 9.80. The van der Waals surface area contributed by atoms with Crippen LogP contribution in [0.3, 0.4) is 0 Å². The molecule has 1 rings (SSSR count). The quantitative estimate of drug-likeness (QED) is 0.706. The zero-order chi connectivity index (χ0) is 10.6. The van der Waals surface area contributed by atoms with Crippen LogP contribution >= 0.6 is 0 Å². The van der Waals surface area contributed by atoms with Crippen LogP contribution < -0.4 is 0 Å². The summed E-state index contributed by atoms with van der Waals surface area (Å²) in [5, 5.41) is 0. The Morgan fingerprint density at radius 1 is 1.21 bits per heavy atom. The van der Waals surface area contributed by atoms with Gasteiger partial charge in [0.05, 0.1) is 0 Å². The molecule has 78 valence electrons. The summed E-state index contributed by atoms with van der Waals surface area (Å²) in [5.74, 6) is 0. The molecular weight excluding hydrogens is 170 g/mol. The Kier molecular flexibility index (Phi) is 3.68. The Balaban J connectivity index is 3.15. The molecule has 0 aliphatic carbocycles. The Labute approximate surface area is 87.6 Å². The molecular formula is C13H21N. The third kappa shape index (κ3) is 1.97. The van der Waals surface area contributed by atoms with E-state index in [0.717, 1.165) is 6.42 Å². The fourth-order valence-electron chi connectivity index (χ4n) is 1.91. The molecule has 1 heteroatoms. The summed E-state index contributed by atoms with van der Waals surface area (Å²) in [6, 6.07) is 2.15. The van der Waals surface area contributed by atoms with Crippen molar-refractivity contribution in [1.29, 1.82) is 0 Å². The first-order valence-corrected chi connectivity index (χ1v) is 5.61. The van der Waals surface area contributed by atoms with Crippen molar-refractivity contribution in [2.75, 3.05) is 0 Å². The molecule has 0 aliphatic heterocycles.